The van der Waals surface area contributed by atoms with Crippen molar-refractivity contribution in [2.45, 2.75) is 31.0 Å². The van der Waals surface area contributed by atoms with Gasteiger partial charge >= 0.3 is 18.5 Å². The predicted molar refractivity (Wildman–Crippen MR) is 60.6 cm³/mol. The maximum absolute atomic E-state index is 13.0. The molecule has 0 aliphatic heterocycles. The van der Waals surface area contributed by atoms with Gasteiger partial charge in [-0.05, 0) is 12.1 Å². The van der Waals surface area contributed by atoms with Gasteiger partial charge in [0.1, 0.15) is 5.75 Å². The summed E-state index contributed by atoms with van der Waals surface area (Å²) in [5, 5.41) is 0. The highest BCUT2D eigenvalue weighted by Gasteiger charge is 2.43. The quantitative estimate of drug-likeness (QED) is 0.799. The lowest BCUT2D eigenvalue weighted by atomic mass is 9.94. The minimum Gasteiger partial charge on any atom is -0.496 e. The van der Waals surface area contributed by atoms with Gasteiger partial charge in [0.15, 0.2) is 0 Å². The minimum absolute atomic E-state index is 0.181. The van der Waals surface area contributed by atoms with Crippen LogP contribution in [0.3, 0.4) is 0 Å². The number of nitrogens with two attached hydrogens (primary N) is 1. The van der Waals surface area contributed by atoms with Crippen LogP contribution in [0.5, 0.6) is 5.75 Å². The van der Waals surface area contributed by atoms with Gasteiger partial charge in [0.05, 0.1) is 24.7 Å². The van der Waals surface area contributed by atoms with Crippen LogP contribution in [-0.4, -0.2) is 13.3 Å². The second-order valence-corrected chi connectivity index (χ2v) is 4.56. The van der Waals surface area contributed by atoms with Crippen LogP contribution in [0.15, 0.2) is 12.1 Å². The minimum atomic E-state index is -5.34. The predicted octanol–water partition coefficient (Wildman–Crippen LogP) is 4.69. The number of halogens is 9. The molecule has 0 saturated carbocycles. The van der Waals surface area contributed by atoms with Crippen molar-refractivity contribution in [2.24, 2.45) is 5.73 Å². The first-order valence-electron chi connectivity index (χ1n) is 5.85. The van der Waals surface area contributed by atoms with Crippen LogP contribution in [0.25, 0.3) is 0 Å². The maximum atomic E-state index is 13.0. The van der Waals surface area contributed by atoms with Gasteiger partial charge in [-0.3, -0.25) is 0 Å². The number of ether oxygens (including phenoxy) is 1. The van der Waals surface area contributed by atoms with Crippen molar-refractivity contribution < 1.29 is 44.3 Å². The Balaban J connectivity index is 3.60. The van der Waals surface area contributed by atoms with Crippen molar-refractivity contribution in [1.29, 1.82) is 0 Å². The second-order valence-electron chi connectivity index (χ2n) is 4.56. The van der Waals surface area contributed by atoms with Gasteiger partial charge in [-0.2, -0.15) is 39.5 Å². The van der Waals surface area contributed by atoms with E-state index in [4.69, 9.17) is 5.73 Å². The standard InChI is InChI=1S/C12H10F9NO/c1-23-8-3-5(11(16,17)18)2-6(12(19,20)21)9(8)7(22)4-10(13,14)15/h2-3,7H,4,22H2,1H3/t7-/m1/s1. The molecule has 2 N–H and O–H groups in total. The summed E-state index contributed by atoms with van der Waals surface area (Å²) in [7, 11) is 0.736. The van der Waals surface area contributed by atoms with E-state index >= 15 is 0 Å². The second kappa shape index (κ2) is 6.10. The molecule has 0 aromatic heterocycles. The van der Waals surface area contributed by atoms with Crippen LogP contribution in [-0.2, 0) is 12.4 Å². The van der Waals surface area contributed by atoms with Gasteiger partial charge in [0.25, 0.3) is 0 Å². The molecule has 1 atom stereocenters. The van der Waals surface area contributed by atoms with Gasteiger partial charge in [-0.15, -0.1) is 0 Å². The van der Waals surface area contributed by atoms with Gasteiger partial charge in [-0.1, -0.05) is 0 Å². The molecule has 11 heteroatoms. The van der Waals surface area contributed by atoms with Crippen molar-refractivity contribution in [2.75, 3.05) is 7.11 Å². The fourth-order valence-corrected chi connectivity index (χ4v) is 1.93. The molecule has 0 heterocycles. The van der Waals surface area contributed by atoms with Crippen LogP contribution < -0.4 is 10.5 Å². The Morgan fingerprint density at radius 1 is 0.957 bits per heavy atom. The zero-order chi connectivity index (χ0) is 18.2. The number of hydrogen-bond donors (Lipinski definition) is 1. The third-order valence-electron chi connectivity index (χ3n) is 2.82. The molecule has 0 bridgehead atoms. The SMILES string of the molecule is COc1cc(C(F)(F)F)cc(C(F)(F)F)c1[C@H](N)CC(F)(F)F. The van der Waals surface area contributed by atoms with Crippen molar-refractivity contribution in [3.05, 3.63) is 28.8 Å². The molecule has 2 nitrogen and oxygen atoms in total. The number of rotatable bonds is 3. The van der Waals surface area contributed by atoms with Crippen molar-refractivity contribution in [3.8, 4) is 5.75 Å². The van der Waals surface area contributed by atoms with E-state index in [1.165, 1.54) is 0 Å². The first-order chi connectivity index (χ1) is 10.2. The Morgan fingerprint density at radius 2 is 1.48 bits per heavy atom. The molecule has 0 unspecified atom stereocenters. The summed E-state index contributed by atoms with van der Waals surface area (Å²) in [5.41, 5.74) is 0.337. The first-order valence-corrected chi connectivity index (χ1v) is 5.85. The largest absolute Gasteiger partial charge is 0.496 e. The van der Waals surface area contributed by atoms with Crippen LogP contribution in [0, 0.1) is 0 Å². The molecule has 1 aromatic carbocycles. The zero-order valence-electron chi connectivity index (χ0n) is 11.3. The third kappa shape index (κ3) is 4.91. The van der Waals surface area contributed by atoms with E-state index in [9.17, 15) is 39.5 Å². The molecule has 0 amide bonds. The topological polar surface area (TPSA) is 35.2 Å². The van der Waals surface area contributed by atoms with Crippen LogP contribution >= 0.6 is 0 Å². The molecule has 0 radical (unpaired) electrons. The Labute approximate surface area is 124 Å². The molecule has 0 aliphatic carbocycles. The number of benzene rings is 1. The molecule has 0 saturated heterocycles. The van der Waals surface area contributed by atoms with Crippen LogP contribution in [0.2, 0.25) is 0 Å². The summed E-state index contributed by atoms with van der Waals surface area (Å²) in [6.45, 7) is 0. The fraction of sp³-hybridized carbons (Fsp3) is 0.500. The van der Waals surface area contributed by atoms with E-state index in [1.54, 1.807) is 0 Å². The Bertz CT molecular complexity index is 559. The number of alkyl halides is 9. The van der Waals surface area contributed by atoms with E-state index in [2.05, 4.69) is 4.74 Å². The van der Waals surface area contributed by atoms with Gasteiger partial charge < -0.3 is 10.5 Å². The molecule has 0 spiro atoms. The molecule has 0 fully saturated rings. The van der Waals surface area contributed by atoms with E-state index in [0.717, 1.165) is 7.11 Å². The van der Waals surface area contributed by atoms with E-state index in [0.29, 0.717) is 0 Å². The number of methoxy groups -OCH3 is 1. The highest BCUT2D eigenvalue weighted by atomic mass is 19.4. The molecular weight excluding hydrogens is 345 g/mol. The highest BCUT2D eigenvalue weighted by Crippen LogP contribution is 2.44. The Hall–Kier alpha value is -1.65. The van der Waals surface area contributed by atoms with Gasteiger partial charge in [0.2, 0.25) is 0 Å². The lowest BCUT2D eigenvalue weighted by molar-refractivity contribution is -0.147. The summed E-state index contributed by atoms with van der Waals surface area (Å²) >= 11 is 0. The average Bonchev–Trinajstić information content (AvgIpc) is 2.32. The summed E-state index contributed by atoms with van der Waals surface area (Å²) in [5.74, 6) is -1.01. The van der Waals surface area contributed by atoms with Crippen LogP contribution in [0.1, 0.15) is 29.2 Å². The fourth-order valence-electron chi connectivity index (χ4n) is 1.93. The van der Waals surface area contributed by atoms with Gasteiger partial charge in [-0.25, -0.2) is 0 Å². The first kappa shape index (κ1) is 19.4. The molecule has 132 valence electrons. The molecule has 1 aromatic rings. The third-order valence-corrected chi connectivity index (χ3v) is 2.82. The normalized spacial score (nSPS) is 14.7. The van der Waals surface area contributed by atoms with Crippen molar-refractivity contribution in [3.63, 3.8) is 0 Å². The maximum Gasteiger partial charge on any atom is 0.416 e. The molecule has 23 heavy (non-hydrogen) atoms. The lowest BCUT2D eigenvalue weighted by Gasteiger charge is -2.23. The summed E-state index contributed by atoms with van der Waals surface area (Å²) in [6.07, 6.45) is -17.2. The van der Waals surface area contributed by atoms with Crippen molar-refractivity contribution >= 4 is 0 Å². The summed E-state index contributed by atoms with van der Waals surface area (Å²) < 4.78 is 118. The smallest absolute Gasteiger partial charge is 0.416 e. The molecular formula is C12H10F9NO. The summed E-state index contributed by atoms with van der Waals surface area (Å²) in [4.78, 5) is 0. The highest BCUT2D eigenvalue weighted by molar-refractivity contribution is 5.48. The van der Waals surface area contributed by atoms with E-state index in [-0.39, 0.29) is 12.1 Å². The summed E-state index contributed by atoms with van der Waals surface area (Å²) in [6, 6.07) is -2.33. The van der Waals surface area contributed by atoms with Crippen LogP contribution in [0.4, 0.5) is 39.5 Å². The lowest BCUT2D eigenvalue weighted by Crippen LogP contribution is -2.25. The number of hydrogen-bond acceptors (Lipinski definition) is 2. The zero-order valence-corrected chi connectivity index (χ0v) is 11.3. The average molecular weight is 355 g/mol. The Kier molecular flexibility index (Phi) is 5.14. The van der Waals surface area contributed by atoms with Crippen molar-refractivity contribution in [1.82, 2.24) is 0 Å². The van der Waals surface area contributed by atoms with Gasteiger partial charge in [0, 0.05) is 11.6 Å². The van der Waals surface area contributed by atoms with E-state index < -0.39 is 53.4 Å². The monoisotopic (exact) mass is 355 g/mol. The molecule has 1 rings (SSSR count). The Morgan fingerprint density at radius 3 is 1.83 bits per heavy atom. The molecule has 0 aliphatic rings. The van der Waals surface area contributed by atoms with E-state index in [1.807, 2.05) is 0 Å².